The zero-order valence-electron chi connectivity index (χ0n) is 6.15. The molecule has 0 bridgehead atoms. The topological polar surface area (TPSA) is 148 Å². The average Bonchev–Trinajstić information content (AvgIpc) is 1.54. The highest BCUT2D eigenvalue weighted by molar-refractivity contribution is 7.45. The molecule has 0 saturated carbocycles. The van der Waals surface area contributed by atoms with Crippen LogP contribution in [0.25, 0.3) is 0 Å². The molecule has 0 aliphatic heterocycles. The summed E-state index contributed by atoms with van der Waals surface area (Å²) in [5.41, 5.74) is 0. The first-order valence-electron chi connectivity index (χ1n) is 2.65. The minimum Gasteiger partial charge on any atom is -0.368 e. The lowest BCUT2D eigenvalue weighted by Gasteiger charge is -2.05. The second kappa shape index (κ2) is 5.75. The Morgan fingerprint density at radius 2 is 1.50 bits per heavy atom. The standard InChI is InChI=1S/C2H8O4Si.H3O4P/c1-2-6-7(3,4)5;1-5(2,3)4/h3-5H,2H2,1H3;(H3,1,2,3,4). The monoisotopic (exact) mass is 222 g/mol. The summed E-state index contributed by atoms with van der Waals surface area (Å²) < 4.78 is 12.9. The second-order valence-corrected chi connectivity index (χ2v) is 3.98. The molecular formula is C2H11O8PSi. The summed E-state index contributed by atoms with van der Waals surface area (Å²) in [5, 5.41) is 0. The molecule has 6 N–H and O–H groups in total. The normalized spacial score (nSPS) is 11.9. The van der Waals surface area contributed by atoms with Gasteiger partial charge in [0.2, 0.25) is 0 Å². The molecule has 0 aliphatic rings. The van der Waals surface area contributed by atoms with Crippen molar-refractivity contribution in [2.45, 2.75) is 6.92 Å². The first kappa shape index (κ1) is 14.7. The van der Waals surface area contributed by atoms with E-state index in [-0.39, 0.29) is 6.61 Å². The lowest BCUT2D eigenvalue weighted by Crippen LogP contribution is -2.38. The quantitative estimate of drug-likeness (QED) is 0.222. The van der Waals surface area contributed by atoms with Crippen LogP contribution in [-0.2, 0) is 8.99 Å². The fourth-order valence-electron chi connectivity index (χ4n) is 0.194. The first-order valence-corrected chi connectivity index (χ1v) is 5.97. The van der Waals surface area contributed by atoms with Crippen LogP contribution in [0.1, 0.15) is 6.92 Å². The van der Waals surface area contributed by atoms with Crippen LogP contribution < -0.4 is 0 Å². The Hall–Kier alpha value is 0.167. The minimum atomic E-state index is -4.64. The van der Waals surface area contributed by atoms with Crippen molar-refractivity contribution < 1.29 is 38.1 Å². The van der Waals surface area contributed by atoms with Gasteiger partial charge in [0.15, 0.2) is 0 Å². The molecule has 0 heterocycles. The highest BCUT2D eigenvalue weighted by atomic mass is 31.2. The molecule has 10 heteroatoms. The van der Waals surface area contributed by atoms with Gasteiger partial charge in [0.1, 0.15) is 0 Å². The Bertz CT molecular complexity index is 137. The van der Waals surface area contributed by atoms with Crippen molar-refractivity contribution >= 4 is 16.9 Å². The van der Waals surface area contributed by atoms with Crippen molar-refractivity contribution in [2.75, 3.05) is 6.61 Å². The summed E-state index contributed by atoms with van der Waals surface area (Å²) in [6.07, 6.45) is 0. The molecule has 0 spiro atoms. The molecule has 0 atom stereocenters. The predicted molar refractivity (Wildman–Crippen MR) is 38.3 cm³/mol. The average molecular weight is 222 g/mol. The summed E-state index contributed by atoms with van der Waals surface area (Å²) in [7, 11) is -8.80. The van der Waals surface area contributed by atoms with Crippen LogP contribution in [0.5, 0.6) is 0 Å². The van der Waals surface area contributed by atoms with E-state index in [9.17, 15) is 0 Å². The van der Waals surface area contributed by atoms with Crippen LogP contribution in [0.15, 0.2) is 0 Å². The Labute approximate surface area is 69.4 Å². The van der Waals surface area contributed by atoms with E-state index in [1.807, 2.05) is 0 Å². The molecule has 0 aromatic heterocycles. The molecule has 0 saturated heterocycles. The van der Waals surface area contributed by atoms with E-state index in [4.69, 9.17) is 33.6 Å². The summed E-state index contributed by atoms with van der Waals surface area (Å²) >= 11 is 0. The summed E-state index contributed by atoms with van der Waals surface area (Å²) in [5.74, 6) is 0. The highest BCUT2D eigenvalue weighted by Gasteiger charge is 2.28. The Kier molecular flexibility index (Phi) is 7.03. The van der Waals surface area contributed by atoms with Gasteiger partial charge in [-0.05, 0) is 6.92 Å². The molecule has 0 fully saturated rings. The Morgan fingerprint density at radius 1 is 1.25 bits per heavy atom. The molecule has 0 unspecified atom stereocenters. The number of hydrogen-bond donors (Lipinski definition) is 6. The maximum atomic E-state index is 8.88. The van der Waals surface area contributed by atoms with Crippen molar-refractivity contribution in [3.05, 3.63) is 0 Å². The van der Waals surface area contributed by atoms with Crippen LogP contribution >= 0.6 is 7.82 Å². The maximum Gasteiger partial charge on any atom is 0.671 e. The van der Waals surface area contributed by atoms with Crippen molar-refractivity contribution in [3.8, 4) is 0 Å². The summed E-state index contributed by atoms with van der Waals surface area (Å²) in [4.78, 5) is 45.7. The zero-order chi connectivity index (χ0) is 10.4. The first-order chi connectivity index (χ1) is 5.06. The van der Waals surface area contributed by atoms with E-state index in [0.29, 0.717) is 0 Å². The summed E-state index contributed by atoms with van der Waals surface area (Å²) in [6, 6.07) is 0. The van der Waals surface area contributed by atoms with Crippen LogP contribution in [-0.4, -0.2) is 44.7 Å². The number of phosphoric acid groups is 1. The van der Waals surface area contributed by atoms with Crippen molar-refractivity contribution in [1.82, 2.24) is 0 Å². The maximum absolute atomic E-state index is 8.88. The van der Waals surface area contributed by atoms with Gasteiger partial charge in [0.05, 0.1) is 0 Å². The lowest BCUT2D eigenvalue weighted by atomic mass is 10.9. The minimum absolute atomic E-state index is 0.121. The fraction of sp³-hybridized carbons (Fsp3) is 1.00. The molecule has 0 amide bonds. The van der Waals surface area contributed by atoms with Gasteiger partial charge in [-0.25, -0.2) is 4.57 Å². The van der Waals surface area contributed by atoms with Gasteiger partial charge < -0.3 is 33.5 Å². The van der Waals surface area contributed by atoms with Crippen molar-refractivity contribution in [1.29, 1.82) is 0 Å². The second-order valence-electron chi connectivity index (χ2n) is 1.52. The molecule has 12 heavy (non-hydrogen) atoms. The zero-order valence-corrected chi connectivity index (χ0v) is 8.05. The third-order valence-electron chi connectivity index (χ3n) is 0.338. The van der Waals surface area contributed by atoms with E-state index in [1.165, 1.54) is 0 Å². The predicted octanol–water partition coefficient (Wildman–Crippen LogP) is -2.49. The van der Waals surface area contributed by atoms with Crippen LogP contribution in [0.4, 0.5) is 0 Å². The van der Waals surface area contributed by atoms with Crippen LogP contribution in [0.3, 0.4) is 0 Å². The molecule has 76 valence electrons. The van der Waals surface area contributed by atoms with Crippen LogP contribution in [0.2, 0.25) is 0 Å². The molecule has 0 aromatic rings. The Balaban J connectivity index is 0. The fourth-order valence-corrected chi connectivity index (χ4v) is 0.581. The van der Waals surface area contributed by atoms with Gasteiger partial charge in [-0.3, -0.25) is 0 Å². The number of hydrogen-bond acceptors (Lipinski definition) is 5. The third kappa shape index (κ3) is 49.2. The van der Waals surface area contributed by atoms with E-state index in [0.717, 1.165) is 0 Å². The van der Waals surface area contributed by atoms with E-state index in [2.05, 4.69) is 4.43 Å². The molecule has 8 nitrogen and oxygen atoms in total. The Morgan fingerprint density at radius 3 is 1.50 bits per heavy atom. The van der Waals surface area contributed by atoms with Gasteiger partial charge >= 0.3 is 16.9 Å². The van der Waals surface area contributed by atoms with Crippen molar-refractivity contribution in [2.24, 2.45) is 0 Å². The lowest BCUT2D eigenvalue weighted by molar-refractivity contribution is 0.0687. The van der Waals surface area contributed by atoms with Gasteiger partial charge in [0.25, 0.3) is 0 Å². The smallest absolute Gasteiger partial charge is 0.368 e. The molecule has 0 aromatic carbocycles. The summed E-state index contributed by atoms with van der Waals surface area (Å²) in [6.45, 7) is 1.68. The third-order valence-corrected chi connectivity index (χ3v) is 1.01. The number of rotatable bonds is 2. The van der Waals surface area contributed by atoms with Gasteiger partial charge in [-0.1, -0.05) is 0 Å². The van der Waals surface area contributed by atoms with Crippen LogP contribution in [0, 0.1) is 0 Å². The molecule has 0 radical (unpaired) electrons. The van der Waals surface area contributed by atoms with E-state index >= 15 is 0 Å². The van der Waals surface area contributed by atoms with E-state index < -0.39 is 16.9 Å². The largest absolute Gasteiger partial charge is 0.671 e. The molecule has 0 rings (SSSR count). The van der Waals surface area contributed by atoms with Gasteiger partial charge in [-0.2, -0.15) is 0 Å². The van der Waals surface area contributed by atoms with Gasteiger partial charge in [-0.15, -0.1) is 0 Å². The molecular weight excluding hydrogens is 211 g/mol. The van der Waals surface area contributed by atoms with Crippen molar-refractivity contribution in [3.63, 3.8) is 0 Å². The molecule has 0 aliphatic carbocycles. The highest BCUT2D eigenvalue weighted by Crippen LogP contribution is 2.25. The van der Waals surface area contributed by atoms with Gasteiger partial charge in [0, 0.05) is 6.61 Å². The SMILES string of the molecule is CCO[Si](O)(O)O.O=P(O)(O)O. The van der Waals surface area contributed by atoms with E-state index in [1.54, 1.807) is 6.92 Å².